The molecule has 7 heteroatoms. The van der Waals surface area contributed by atoms with Crippen LogP contribution in [0.2, 0.25) is 0 Å². The minimum atomic E-state index is -1.40. The fourth-order valence-corrected chi connectivity index (χ4v) is 2.65. The van der Waals surface area contributed by atoms with Gasteiger partial charge in [-0.15, -0.1) is 0 Å². The quantitative estimate of drug-likeness (QED) is 0.273. The number of rotatable bonds is 11. The lowest BCUT2D eigenvalue weighted by molar-refractivity contribution is -0.384. The molecule has 138 valence electrons. The lowest BCUT2D eigenvalue weighted by Gasteiger charge is -2.11. The van der Waals surface area contributed by atoms with E-state index in [0.717, 1.165) is 43.4 Å². The van der Waals surface area contributed by atoms with Crippen molar-refractivity contribution >= 4 is 17.6 Å². The molecule has 7 nitrogen and oxygen atoms in total. The predicted molar refractivity (Wildman–Crippen MR) is 92.9 cm³/mol. The molecule has 25 heavy (non-hydrogen) atoms. The Balaban J connectivity index is 2.52. The molecule has 1 aromatic rings. The summed E-state index contributed by atoms with van der Waals surface area (Å²) >= 11 is 0. The number of esters is 1. The monoisotopic (exact) mass is 351 g/mol. The first-order chi connectivity index (χ1) is 11.9. The molecule has 0 saturated heterocycles. The van der Waals surface area contributed by atoms with Gasteiger partial charge in [-0.25, -0.2) is 9.59 Å². The smallest absolute Gasteiger partial charge is 0.339 e. The highest BCUT2D eigenvalue weighted by Crippen LogP contribution is 2.20. The molecule has 0 saturated carbocycles. The third-order valence-corrected chi connectivity index (χ3v) is 4.31. The van der Waals surface area contributed by atoms with E-state index >= 15 is 0 Å². The number of carboxylic acids is 1. The summed E-state index contributed by atoms with van der Waals surface area (Å²) in [6.07, 6.45) is 6.22. The van der Waals surface area contributed by atoms with Crippen LogP contribution >= 0.6 is 0 Å². The van der Waals surface area contributed by atoms with Gasteiger partial charge in [-0.3, -0.25) is 10.1 Å². The second kappa shape index (κ2) is 10.4. The van der Waals surface area contributed by atoms with Gasteiger partial charge >= 0.3 is 11.9 Å². The van der Waals surface area contributed by atoms with Crippen molar-refractivity contribution in [3.8, 4) is 0 Å². The molecular formula is C18H25NO6. The molecule has 0 unspecified atom stereocenters. The van der Waals surface area contributed by atoms with Crippen molar-refractivity contribution < 1.29 is 24.4 Å². The zero-order valence-corrected chi connectivity index (χ0v) is 14.7. The summed E-state index contributed by atoms with van der Waals surface area (Å²) in [5.74, 6) is -1.44. The van der Waals surface area contributed by atoms with Crippen LogP contribution in [0.5, 0.6) is 0 Å². The minimum Gasteiger partial charge on any atom is -0.478 e. The van der Waals surface area contributed by atoms with Crippen molar-refractivity contribution in [2.24, 2.45) is 5.92 Å². The average molecular weight is 351 g/mol. The molecule has 0 aliphatic rings. The summed E-state index contributed by atoms with van der Waals surface area (Å²) in [6.45, 7) is 4.57. The van der Waals surface area contributed by atoms with Crippen LogP contribution in [0.3, 0.4) is 0 Å². The Bertz CT molecular complexity index is 610. The highest BCUT2D eigenvalue weighted by atomic mass is 16.6. The van der Waals surface area contributed by atoms with E-state index in [1.807, 2.05) is 0 Å². The van der Waals surface area contributed by atoms with E-state index in [0.29, 0.717) is 6.42 Å². The number of nitrogens with zero attached hydrogens (tertiary/aromatic N) is 1. The zero-order chi connectivity index (χ0) is 18.8. The summed E-state index contributed by atoms with van der Waals surface area (Å²) < 4.78 is 5.11. The third kappa shape index (κ3) is 6.52. The second-order valence-corrected chi connectivity index (χ2v) is 5.96. The topological polar surface area (TPSA) is 107 Å². The molecule has 0 spiro atoms. The van der Waals surface area contributed by atoms with Crippen LogP contribution in [-0.2, 0) is 4.74 Å². The predicted octanol–water partition coefficient (Wildman–Crippen LogP) is 4.45. The van der Waals surface area contributed by atoms with E-state index in [1.54, 1.807) is 0 Å². The molecule has 0 aromatic heterocycles. The highest BCUT2D eigenvalue weighted by molar-refractivity contribution is 6.02. The molecular weight excluding hydrogens is 326 g/mol. The number of hydrogen-bond donors (Lipinski definition) is 1. The van der Waals surface area contributed by atoms with E-state index in [-0.39, 0.29) is 17.9 Å². The van der Waals surface area contributed by atoms with Gasteiger partial charge in [0.05, 0.1) is 22.7 Å². The highest BCUT2D eigenvalue weighted by Gasteiger charge is 2.21. The number of nitro groups is 1. The fourth-order valence-electron chi connectivity index (χ4n) is 2.65. The van der Waals surface area contributed by atoms with Crippen LogP contribution < -0.4 is 0 Å². The van der Waals surface area contributed by atoms with Gasteiger partial charge in [0.2, 0.25) is 0 Å². The van der Waals surface area contributed by atoms with Crippen molar-refractivity contribution in [1.82, 2.24) is 0 Å². The van der Waals surface area contributed by atoms with Gasteiger partial charge in [0.1, 0.15) is 0 Å². The molecule has 0 aliphatic carbocycles. The number of carbonyl (C=O) groups is 2. The number of ether oxygens (including phenoxy) is 1. The van der Waals surface area contributed by atoms with Gasteiger partial charge in [0.25, 0.3) is 5.69 Å². The van der Waals surface area contributed by atoms with Gasteiger partial charge in [-0.1, -0.05) is 46.0 Å². The molecule has 0 radical (unpaired) electrons. The normalized spacial score (nSPS) is 10.7. The Kier molecular flexibility index (Phi) is 8.60. The first kappa shape index (κ1) is 20.6. The lowest BCUT2D eigenvalue weighted by Crippen LogP contribution is -2.13. The maximum absolute atomic E-state index is 12.0. The second-order valence-electron chi connectivity index (χ2n) is 5.96. The van der Waals surface area contributed by atoms with Crippen molar-refractivity contribution in [2.75, 3.05) is 6.61 Å². The van der Waals surface area contributed by atoms with Crippen molar-refractivity contribution in [3.63, 3.8) is 0 Å². The molecule has 0 aliphatic heterocycles. The Morgan fingerprint density at radius 1 is 1.16 bits per heavy atom. The van der Waals surface area contributed by atoms with Crippen LogP contribution in [0.15, 0.2) is 18.2 Å². The number of non-ortho nitro benzene ring substituents is 1. The van der Waals surface area contributed by atoms with Crippen LogP contribution in [0, 0.1) is 16.0 Å². The van der Waals surface area contributed by atoms with E-state index in [4.69, 9.17) is 9.84 Å². The van der Waals surface area contributed by atoms with E-state index in [1.165, 1.54) is 12.8 Å². The Morgan fingerprint density at radius 2 is 1.84 bits per heavy atom. The Labute approximate surface area is 147 Å². The molecule has 0 atom stereocenters. The van der Waals surface area contributed by atoms with Crippen molar-refractivity contribution in [2.45, 2.75) is 52.4 Å². The lowest BCUT2D eigenvalue weighted by atomic mass is 9.96. The average Bonchev–Trinajstić information content (AvgIpc) is 2.60. The molecule has 1 N–H and O–H groups in total. The van der Waals surface area contributed by atoms with E-state index in [9.17, 15) is 19.7 Å². The molecule has 0 amide bonds. The van der Waals surface area contributed by atoms with E-state index in [2.05, 4.69) is 13.8 Å². The Hall–Kier alpha value is -2.44. The molecule has 0 bridgehead atoms. The summed E-state index contributed by atoms with van der Waals surface area (Å²) in [4.78, 5) is 33.2. The SMILES string of the molecule is CCC(CC)CCCCCOC(=O)c1ccc([N+](=O)[O-])cc1C(=O)O. The fraction of sp³-hybridized carbons (Fsp3) is 0.556. The number of aromatic carboxylic acids is 1. The number of carbonyl (C=O) groups excluding carboxylic acids is 1. The van der Waals surface area contributed by atoms with Crippen LogP contribution in [0.4, 0.5) is 5.69 Å². The summed E-state index contributed by atoms with van der Waals surface area (Å²) in [7, 11) is 0. The maximum atomic E-state index is 12.0. The number of carboxylic acid groups (broad SMARTS) is 1. The van der Waals surface area contributed by atoms with Crippen LogP contribution in [0.25, 0.3) is 0 Å². The number of benzene rings is 1. The molecule has 0 heterocycles. The number of hydrogen-bond acceptors (Lipinski definition) is 5. The summed E-state index contributed by atoms with van der Waals surface area (Å²) in [5.41, 5.74) is -0.974. The van der Waals surface area contributed by atoms with Gasteiger partial charge in [-0.2, -0.15) is 0 Å². The minimum absolute atomic E-state index is 0.171. The first-order valence-electron chi connectivity index (χ1n) is 8.59. The first-order valence-corrected chi connectivity index (χ1v) is 8.59. The van der Waals surface area contributed by atoms with E-state index < -0.39 is 22.4 Å². The van der Waals surface area contributed by atoms with Crippen LogP contribution in [0.1, 0.15) is 73.1 Å². The zero-order valence-electron chi connectivity index (χ0n) is 14.7. The largest absolute Gasteiger partial charge is 0.478 e. The molecule has 0 fully saturated rings. The van der Waals surface area contributed by atoms with Crippen LogP contribution in [-0.4, -0.2) is 28.6 Å². The van der Waals surface area contributed by atoms with Gasteiger partial charge in [0, 0.05) is 12.1 Å². The summed E-state index contributed by atoms with van der Waals surface area (Å²) in [6, 6.07) is 3.09. The number of unbranched alkanes of at least 4 members (excludes halogenated alkanes) is 2. The summed E-state index contributed by atoms with van der Waals surface area (Å²) in [5, 5.41) is 19.8. The third-order valence-electron chi connectivity index (χ3n) is 4.31. The van der Waals surface area contributed by atoms with Crippen molar-refractivity contribution in [1.29, 1.82) is 0 Å². The molecule has 1 rings (SSSR count). The number of nitro benzene ring substituents is 1. The molecule has 1 aromatic carbocycles. The van der Waals surface area contributed by atoms with Crippen molar-refractivity contribution in [3.05, 3.63) is 39.4 Å². The van der Waals surface area contributed by atoms with Gasteiger partial charge in [-0.05, 0) is 18.4 Å². The Morgan fingerprint density at radius 3 is 2.40 bits per heavy atom. The standard InChI is InChI=1S/C18H25NO6/c1-3-13(4-2)8-6-5-7-11-25-18(22)15-10-9-14(19(23)24)12-16(15)17(20)21/h9-10,12-13H,3-8,11H2,1-2H3,(H,20,21). The van der Waals surface area contributed by atoms with Gasteiger partial charge < -0.3 is 9.84 Å². The van der Waals surface area contributed by atoms with Gasteiger partial charge in [0.15, 0.2) is 0 Å². The maximum Gasteiger partial charge on any atom is 0.339 e.